The lowest BCUT2D eigenvalue weighted by Gasteiger charge is -2.24. The van der Waals surface area contributed by atoms with Crippen LogP contribution in [-0.4, -0.2) is 37.3 Å². The standard InChI is InChI=1S/C14H23N3O2S/c1-4-9-15-14-8-7-13(10-16-14)20(18,19)17(3)11(2)12-5-6-12/h7-8,10-12H,4-6,9H2,1-3H3,(H,15,16). The maximum absolute atomic E-state index is 12.5. The zero-order valence-electron chi connectivity index (χ0n) is 12.3. The Morgan fingerprint density at radius 3 is 2.65 bits per heavy atom. The Balaban J connectivity index is 2.12. The number of hydrogen-bond acceptors (Lipinski definition) is 4. The van der Waals surface area contributed by atoms with Crippen LogP contribution in [0.25, 0.3) is 0 Å². The van der Waals surface area contributed by atoms with Gasteiger partial charge in [-0.1, -0.05) is 6.92 Å². The molecule has 1 aromatic rings. The first-order chi connectivity index (χ1) is 9.46. The molecule has 1 aliphatic carbocycles. The molecule has 2 rings (SSSR count). The minimum Gasteiger partial charge on any atom is -0.370 e. The molecule has 0 saturated heterocycles. The van der Waals surface area contributed by atoms with Crippen LogP contribution in [0, 0.1) is 5.92 Å². The van der Waals surface area contributed by atoms with Gasteiger partial charge >= 0.3 is 0 Å². The van der Waals surface area contributed by atoms with Gasteiger partial charge in [-0.25, -0.2) is 13.4 Å². The maximum atomic E-state index is 12.5. The highest BCUT2D eigenvalue weighted by atomic mass is 32.2. The molecule has 1 saturated carbocycles. The summed E-state index contributed by atoms with van der Waals surface area (Å²) in [5, 5.41) is 3.13. The molecule has 0 aliphatic heterocycles. The largest absolute Gasteiger partial charge is 0.370 e. The van der Waals surface area contributed by atoms with Crippen LogP contribution in [0.4, 0.5) is 5.82 Å². The molecule has 1 fully saturated rings. The fourth-order valence-electron chi connectivity index (χ4n) is 2.15. The van der Waals surface area contributed by atoms with Crippen molar-refractivity contribution in [1.29, 1.82) is 0 Å². The van der Waals surface area contributed by atoms with Crippen molar-refractivity contribution in [3.8, 4) is 0 Å². The van der Waals surface area contributed by atoms with E-state index < -0.39 is 10.0 Å². The number of pyridine rings is 1. The zero-order valence-corrected chi connectivity index (χ0v) is 13.2. The molecule has 5 nitrogen and oxygen atoms in total. The molecule has 20 heavy (non-hydrogen) atoms. The molecule has 6 heteroatoms. The van der Waals surface area contributed by atoms with Gasteiger partial charge < -0.3 is 5.32 Å². The molecule has 1 aromatic heterocycles. The number of nitrogens with one attached hydrogen (secondary N) is 1. The van der Waals surface area contributed by atoms with Gasteiger partial charge in [0.15, 0.2) is 0 Å². The van der Waals surface area contributed by atoms with Crippen molar-refractivity contribution >= 4 is 15.8 Å². The summed E-state index contributed by atoms with van der Waals surface area (Å²) in [7, 11) is -1.78. The third-order valence-corrected chi connectivity index (χ3v) is 5.78. The normalized spacial score (nSPS) is 17.2. The molecular weight excluding hydrogens is 274 g/mol. The van der Waals surface area contributed by atoms with Crippen LogP contribution in [0.3, 0.4) is 0 Å². The van der Waals surface area contributed by atoms with Gasteiger partial charge in [0.2, 0.25) is 10.0 Å². The topological polar surface area (TPSA) is 62.3 Å². The van der Waals surface area contributed by atoms with Crippen molar-refractivity contribution < 1.29 is 8.42 Å². The van der Waals surface area contributed by atoms with E-state index in [1.54, 1.807) is 19.2 Å². The fourth-order valence-corrected chi connectivity index (χ4v) is 3.52. The number of nitrogens with zero attached hydrogens (tertiary/aromatic N) is 2. The molecule has 1 unspecified atom stereocenters. The van der Waals surface area contributed by atoms with Crippen LogP contribution in [0.2, 0.25) is 0 Å². The molecule has 0 spiro atoms. The number of aromatic nitrogens is 1. The highest BCUT2D eigenvalue weighted by molar-refractivity contribution is 7.89. The van der Waals surface area contributed by atoms with E-state index in [2.05, 4.69) is 17.2 Å². The lowest BCUT2D eigenvalue weighted by atomic mass is 10.2. The Hall–Kier alpha value is -1.14. The van der Waals surface area contributed by atoms with Crippen LogP contribution in [0.15, 0.2) is 23.2 Å². The Kier molecular flexibility index (Phi) is 4.65. The predicted octanol–water partition coefficient (Wildman–Crippen LogP) is 2.32. The molecule has 112 valence electrons. The van der Waals surface area contributed by atoms with Gasteiger partial charge in [0, 0.05) is 25.8 Å². The average molecular weight is 297 g/mol. The van der Waals surface area contributed by atoms with E-state index in [0.717, 1.165) is 25.8 Å². The van der Waals surface area contributed by atoms with E-state index in [1.807, 2.05) is 6.92 Å². The van der Waals surface area contributed by atoms with Crippen LogP contribution in [0.5, 0.6) is 0 Å². The molecule has 1 aliphatic rings. The number of sulfonamides is 1. The average Bonchev–Trinajstić information content (AvgIpc) is 3.28. The highest BCUT2D eigenvalue weighted by Crippen LogP contribution is 2.36. The monoisotopic (exact) mass is 297 g/mol. The van der Waals surface area contributed by atoms with E-state index in [1.165, 1.54) is 10.5 Å². The van der Waals surface area contributed by atoms with Gasteiger partial charge in [0.25, 0.3) is 0 Å². The summed E-state index contributed by atoms with van der Waals surface area (Å²) >= 11 is 0. The summed E-state index contributed by atoms with van der Waals surface area (Å²) < 4.78 is 26.5. The van der Waals surface area contributed by atoms with Crippen molar-refractivity contribution in [1.82, 2.24) is 9.29 Å². The molecule has 1 heterocycles. The van der Waals surface area contributed by atoms with Crippen molar-refractivity contribution in [2.24, 2.45) is 5.92 Å². The summed E-state index contributed by atoms with van der Waals surface area (Å²) in [6.45, 7) is 4.87. The molecule has 0 aromatic carbocycles. The van der Waals surface area contributed by atoms with Crippen molar-refractivity contribution in [2.45, 2.75) is 44.0 Å². The summed E-state index contributed by atoms with van der Waals surface area (Å²) in [5.74, 6) is 1.22. The third-order valence-electron chi connectivity index (χ3n) is 3.85. The van der Waals surface area contributed by atoms with Crippen LogP contribution in [0.1, 0.15) is 33.1 Å². The second-order valence-electron chi connectivity index (χ2n) is 5.41. The van der Waals surface area contributed by atoms with E-state index >= 15 is 0 Å². The zero-order chi connectivity index (χ0) is 14.8. The minimum atomic E-state index is -3.44. The first kappa shape index (κ1) is 15.3. The molecule has 1 atom stereocenters. The Morgan fingerprint density at radius 1 is 1.45 bits per heavy atom. The van der Waals surface area contributed by atoms with Crippen molar-refractivity contribution in [3.63, 3.8) is 0 Å². The first-order valence-corrected chi connectivity index (χ1v) is 8.58. The lowest BCUT2D eigenvalue weighted by molar-refractivity contribution is 0.357. The van der Waals surface area contributed by atoms with Gasteiger partial charge in [0.05, 0.1) is 0 Å². The first-order valence-electron chi connectivity index (χ1n) is 7.14. The summed E-state index contributed by atoms with van der Waals surface area (Å²) in [5.41, 5.74) is 0. The van der Waals surface area contributed by atoms with E-state index in [4.69, 9.17) is 0 Å². The summed E-state index contributed by atoms with van der Waals surface area (Å²) in [6.07, 6.45) is 4.69. The Bertz CT molecular complexity index is 538. The summed E-state index contributed by atoms with van der Waals surface area (Å²) in [4.78, 5) is 4.43. The van der Waals surface area contributed by atoms with E-state index in [9.17, 15) is 8.42 Å². The minimum absolute atomic E-state index is 0.0536. The van der Waals surface area contributed by atoms with Crippen molar-refractivity contribution in [3.05, 3.63) is 18.3 Å². The molecule has 0 amide bonds. The summed E-state index contributed by atoms with van der Waals surface area (Å²) in [6, 6.07) is 3.40. The quantitative estimate of drug-likeness (QED) is 0.839. The van der Waals surface area contributed by atoms with Gasteiger partial charge in [0.1, 0.15) is 10.7 Å². The predicted molar refractivity (Wildman–Crippen MR) is 80.2 cm³/mol. The second-order valence-corrected chi connectivity index (χ2v) is 7.40. The van der Waals surface area contributed by atoms with Crippen LogP contribution >= 0.6 is 0 Å². The number of anilines is 1. The van der Waals surface area contributed by atoms with Crippen molar-refractivity contribution in [2.75, 3.05) is 18.9 Å². The molecule has 0 bridgehead atoms. The Labute approximate surface area is 121 Å². The SMILES string of the molecule is CCCNc1ccc(S(=O)(=O)N(C)C(C)C2CC2)cn1. The van der Waals surface area contributed by atoms with Gasteiger partial charge in [-0.2, -0.15) is 4.31 Å². The smallest absolute Gasteiger partial charge is 0.244 e. The van der Waals surface area contributed by atoms with Gasteiger partial charge in [-0.3, -0.25) is 0 Å². The second kappa shape index (κ2) is 6.10. The molecule has 0 radical (unpaired) electrons. The maximum Gasteiger partial charge on any atom is 0.244 e. The number of hydrogen-bond donors (Lipinski definition) is 1. The van der Waals surface area contributed by atoms with E-state index in [-0.39, 0.29) is 10.9 Å². The van der Waals surface area contributed by atoms with Gasteiger partial charge in [-0.15, -0.1) is 0 Å². The van der Waals surface area contributed by atoms with Crippen LogP contribution in [-0.2, 0) is 10.0 Å². The lowest BCUT2D eigenvalue weighted by Crippen LogP contribution is -2.36. The molecular formula is C14H23N3O2S. The van der Waals surface area contributed by atoms with E-state index in [0.29, 0.717) is 11.7 Å². The third kappa shape index (κ3) is 3.30. The molecule has 1 N–H and O–H groups in total. The fraction of sp³-hybridized carbons (Fsp3) is 0.643. The Morgan fingerprint density at radius 2 is 2.15 bits per heavy atom. The van der Waals surface area contributed by atoms with Gasteiger partial charge in [-0.05, 0) is 44.2 Å². The number of rotatable bonds is 7. The highest BCUT2D eigenvalue weighted by Gasteiger charge is 2.36. The van der Waals surface area contributed by atoms with Crippen LogP contribution < -0.4 is 5.32 Å².